The Hall–Kier alpha value is -3.71. The monoisotopic (exact) mass is 529 g/mol. The van der Waals surface area contributed by atoms with Crippen molar-refractivity contribution in [2.45, 2.75) is 40.1 Å². The first-order chi connectivity index (χ1) is 19.1. The Balaban J connectivity index is 1.41. The van der Waals surface area contributed by atoms with E-state index in [2.05, 4.69) is 140 Å². The largest absolute Gasteiger partial charge is 0.488 e. The quantitative estimate of drug-likeness (QED) is 0.163. The average molecular weight is 530 g/mol. The maximum absolute atomic E-state index is 6.37. The van der Waals surface area contributed by atoms with Crippen molar-refractivity contribution in [1.82, 2.24) is 4.90 Å². The number of ether oxygens (including phenoxy) is 1. The maximum atomic E-state index is 6.37. The summed E-state index contributed by atoms with van der Waals surface area (Å²) in [5.41, 5.74) is 7.83. The van der Waals surface area contributed by atoms with Crippen molar-refractivity contribution >= 4 is 19.2 Å². The van der Waals surface area contributed by atoms with E-state index >= 15 is 0 Å². The van der Waals surface area contributed by atoms with E-state index in [0.717, 1.165) is 25.4 Å². The molecule has 5 aromatic rings. The summed E-state index contributed by atoms with van der Waals surface area (Å²) in [6, 6.07) is 45.3. The third-order valence-corrected chi connectivity index (χ3v) is 8.51. The third-order valence-electron chi connectivity index (χ3n) is 6.88. The molecule has 0 bridgehead atoms. The van der Waals surface area contributed by atoms with Crippen LogP contribution in [-0.2, 0) is 26.2 Å². The molecule has 0 fully saturated rings. The Morgan fingerprint density at radius 3 is 1.79 bits per heavy atom. The summed E-state index contributed by atoms with van der Waals surface area (Å²) < 4.78 is 6.37. The number of hydrogen-bond donors (Lipinski definition) is 0. The Kier molecular flexibility index (Phi) is 9.22. The van der Waals surface area contributed by atoms with Gasteiger partial charge in [-0.2, -0.15) is 0 Å². The molecular weight excluding hydrogens is 493 g/mol. The molecule has 0 amide bonds. The van der Waals surface area contributed by atoms with E-state index in [1.54, 1.807) is 0 Å². The van der Waals surface area contributed by atoms with E-state index in [0.29, 0.717) is 15.2 Å². The summed E-state index contributed by atoms with van der Waals surface area (Å²) >= 11 is 0. The second-order valence-electron chi connectivity index (χ2n) is 10.1. The summed E-state index contributed by atoms with van der Waals surface area (Å²) in [6.07, 6.45) is 0. The number of benzene rings is 5. The Labute approximate surface area is 235 Å². The van der Waals surface area contributed by atoms with E-state index in [4.69, 9.17) is 4.74 Å². The van der Waals surface area contributed by atoms with Crippen LogP contribution >= 0.6 is 8.58 Å². The lowest BCUT2D eigenvalue weighted by molar-refractivity contribution is 0.248. The van der Waals surface area contributed by atoms with E-state index in [9.17, 15) is 0 Å². The van der Waals surface area contributed by atoms with Gasteiger partial charge < -0.3 is 4.74 Å². The van der Waals surface area contributed by atoms with E-state index in [-0.39, 0.29) is 0 Å². The van der Waals surface area contributed by atoms with Gasteiger partial charge in [0.25, 0.3) is 0 Å². The number of aryl methyl sites for hydroxylation is 2. The molecule has 0 aliphatic carbocycles. The van der Waals surface area contributed by atoms with Crippen molar-refractivity contribution in [3.05, 3.63) is 161 Å². The summed E-state index contributed by atoms with van der Waals surface area (Å²) in [4.78, 5) is 2.55. The molecule has 0 spiro atoms. The van der Waals surface area contributed by atoms with Gasteiger partial charge >= 0.3 is 0 Å². The summed E-state index contributed by atoms with van der Waals surface area (Å²) in [5.74, 6) is 0.974. The van der Waals surface area contributed by atoms with Crippen molar-refractivity contribution in [3.63, 3.8) is 0 Å². The highest BCUT2D eigenvalue weighted by Crippen LogP contribution is 2.26. The van der Waals surface area contributed by atoms with Crippen LogP contribution in [0.15, 0.2) is 127 Å². The zero-order valence-corrected chi connectivity index (χ0v) is 23.8. The molecule has 5 aromatic carbocycles. The molecule has 196 valence electrons. The summed E-state index contributed by atoms with van der Waals surface area (Å²) in [6.45, 7) is 7.67. The molecule has 0 saturated carbocycles. The SMILES string of the molecule is Cc1ccc(OCc2ccccc2)c(Pc2c(C)cccc2CN(Cc2ccccc2)Cc2ccccc2)c1. The van der Waals surface area contributed by atoms with Gasteiger partial charge in [-0.05, 0) is 59.1 Å². The molecule has 0 N–H and O–H groups in total. The minimum atomic E-state index is 0.521. The fourth-order valence-corrected chi connectivity index (χ4v) is 6.32. The molecule has 0 saturated heterocycles. The first kappa shape index (κ1) is 26.9. The highest BCUT2D eigenvalue weighted by Gasteiger charge is 2.15. The molecule has 5 rings (SSSR count). The lowest BCUT2D eigenvalue weighted by Gasteiger charge is -2.25. The van der Waals surface area contributed by atoms with Crippen molar-refractivity contribution < 1.29 is 4.74 Å². The molecule has 39 heavy (non-hydrogen) atoms. The Morgan fingerprint density at radius 2 is 1.18 bits per heavy atom. The zero-order chi connectivity index (χ0) is 26.9. The van der Waals surface area contributed by atoms with Crippen LogP contribution in [0.2, 0.25) is 0 Å². The average Bonchev–Trinajstić information content (AvgIpc) is 2.96. The number of rotatable bonds is 11. The van der Waals surface area contributed by atoms with Gasteiger partial charge in [-0.1, -0.05) is 129 Å². The Bertz CT molecular complexity index is 1430. The number of nitrogens with zero attached hydrogens (tertiary/aromatic N) is 1. The molecule has 0 heterocycles. The van der Waals surface area contributed by atoms with Gasteiger partial charge in [0.2, 0.25) is 0 Å². The minimum absolute atomic E-state index is 0.521. The van der Waals surface area contributed by atoms with Crippen molar-refractivity contribution in [2.75, 3.05) is 0 Å². The van der Waals surface area contributed by atoms with Crippen LogP contribution in [-0.4, -0.2) is 4.90 Å². The van der Waals surface area contributed by atoms with E-state index in [1.165, 1.54) is 44.0 Å². The molecule has 0 aliphatic rings. The normalized spacial score (nSPS) is 11.4. The van der Waals surface area contributed by atoms with Crippen LogP contribution in [0.3, 0.4) is 0 Å². The fourth-order valence-electron chi connectivity index (χ4n) is 4.87. The summed E-state index contributed by atoms with van der Waals surface area (Å²) in [5, 5.41) is 2.68. The maximum Gasteiger partial charge on any atom is 0.127 e. The zero-order valence-electron chi connectivity index (χ0n) is 22.8. The van der Waals surface area contributed by atoms with Crippen LogP contribution < -0.4 is 15.3 Å². The van der Waals surface area contributed by atoms with Gasteiger partial charge in [-0.3, -0.25) is 4.90 Å². The lowest BCUT2D eigenvalue weighted by atomic mass is 10.1. The van der Waals surface area contributed by atoms with Crippen molar-refractivity contribution in [2.24, 2.45) is 0 Å². The summed E-state index contributed by atoms with van der Waals surface area (Å²) in [7, 11) is 0.521. The molecule has 0 aliphatic heterocycles. The van der Waals surface area contributed by atoms with E-state index in [1.807, 2.05) is 6.07 Å². The second kappa shape index (κ2) is 13.4. The fraction of sp³-hybridized carbons (Fsp3) is 0.167. The van der Waals surface area contributed by atoms with Crippen LogP contribution in [0.5, 0.6) is 5.75 Å². The predicted octanol–water partition coefficient (Wildman–Crippen LogP) is 7.71. The van der Waals surface area contributed by atoms with Gasteiger partial charge in [-0.15, -0.1) is 0 Å². The second-order valence-corrected chi connectivity index (χ2v) is 11.4. The molecular formula is C36H36NOP. The van der Waals surface area contributed by atoms with Gasteiger partial charge in [0.05, 0.1) is 0 Å². The molecule has 0 aromatic heterocycles. The molecule has 1 unspecified atom stereocenters. The molecule has 2 nitrogen and oxygen atoms in total. The van der Waals surface area contributed by atoms with Gasteiger partial charge in [0, 0.05) is 24.9 Å². The van der Waals surface area contributed by atoms with Gasteiger partial charge in [0.1, 0.15) is 12.4 Å². The highest BCUT2D eigenvalue weighted by atomic mass is 31.1. The van der Waals surface area contributed by atoms with E-state index < -0.39 is 0 Å². The van der Waals surface area contributed by atoms with Crippen molar-refractivity contribution in [1.29, 1.82) is 0 Å². The molecule has 3 heteroatoms. The highest BCUT2D eigenvalue weighted by molar-refractivity contribution is 7.56. The van der Waals surface area contributed by atoms with Gasteiger partial charge in [0.15, 0.2) is 0 Å². The smallest absolute Gasteiger partial charge is 0.127 e. The Morgan fingerprint density at radius 1 is 0.590 bits per heavy atom. The standard InChI is InChI=1S/C36H36NOP/c1-28-21-22-34(38-27-32-18-10-5-11-19-32)35(23-28)39-36-29(2)13-12-20-33(36)26-37(24-30-14-6-3-7-15-30)25-31-16-8-4-9-17-31/h3-23,39H,24-27H2,1-2H3. The first-order valence-corrected chi connectivity index (χ1v) is 14.6. The first-order valence-electron chi connectivity index (χ1n) is 13.6. The van der Waals surface area contributed by atoms with Crippen LogP contribution in [0.25, 0.3) is 0 Å². The lowest BCUT2D eigenvalue weighted by Crippen LogP contribution is -2.26. The molecule has 1 atom stereocenters. The van der Waals surface area contributed by atoms with Crippen molar-refractivity contribution in [3.8, 4) is 5.75 Å². The number of hydrogen-bond acceptors (Lipinski definition) is 2. The molecule has 0 radical (unpaired) electrons. The van der Waals surface area contributed by atoms with Crippen LogP contribution in [0.4, 0.5) is 0 Å². The topological polar surface area (TPSA) is 12.5 Å². The van der Waals surface area contributed by atoms with Crippen LogP contribution in [0.1, 0.15) is 33.4 Å². The van der Waals surface area contributed by atoms with Gasteiger partial charge in [-0.25, -0.2) is 0 Å². The minimum Gasteiger partial charge on any atom is -0.488 e. The third kappa shape index (κ3) is 7.67. The van der Waals surface area contributed by atoms with Crippen LogP contribution in [0, 0.1) is 13.8 Å². The predicted molar refractivity (Wildman–Crippen MR) is 167 cm³/mol.